The van der Waals surface area contributed by atoms with Crippen LogP contribution in [0.25, 0.3) is 11.1 Å². The van der Waals surface area contributed by atoms with Gasteiger partial charge in [0.25, 0.3) is 6.43 Å². The molecular formula is C26H31F2NO4. The van der Waals surface area contributed by atoms with E-state index in [-0.39, 0.29) is 11.3 Å². The van der Waals surface area contributed by atoms with Crippen molar-refractivity contribution < 1.29 is 28.2 Å². The highest BCUT2D eigenvalue weighted by Gasteiger charge is 2.40. The molecule has 0 unspecified atom stereocenters. The number of alkyl halides is 2. The van der Waals surface area contributed by atoms with Crippen LogP contribution < -0.4 is 10.1 Å². The number of benzene rings is 2. The van der Waals surface area contributed by atoms with Gasteiger partial charge in [-0.25, -0.2) is 13.6 Å². The van der Waals surface area contributed by atoms with Gasteiger partial charge in [-0.3, -0.25) is 0 Å². The lowest BCUT2D eigenvalue weighted by atomic mass is 9.88. The first-order chi connectivity index (χ1) is 15.9. The summed E-state index contributed by atoms with van der Waals surface area (Å²) in [6.07, 6.45) is 2.22. The molecule has 1 heterocycles. The van der Waals surface area contributed by atoms with Gasteiger partial charge in [0.15, 0.2) is 0 Å². The Labute approximate surface area is 193 Å². The molecule has 1 saturated carbocycles. The summed E-state index contributed by atoms with van der Waals surface area (Å²) in [7, 11) is 0. The molecular weight excluding hydrogens is 428 g/mol. The molecule has 5 nitrogen and oxygen atoms in total. The maximum atomic E-state index is 14.1. The molecule has 1 saturated heterocycles. The zero-order chi connectivity index (χ0) is 23.4. The molecule has 1 aliphatic carbocycles. The van der Waals surface area contributed by atoms with E-state index in [2.05, 4.69) is 5.32 Å². The van der Waals surface area contributed by atoms with Crippen molar-refractivity contribution in [3.63, 3.8) is 0 Å². The normalized spacial score (nSPS) is 17.7. The summed E-state index contributed by atoms with van der Waals surface area (Å²) in [6.45, 7) is 2.85. The smallest absolute Gasteiger partial charge is 0.329 e. The number of hydrogen-bond acceptors (Lipinski definition) is 4. The predicted octanol–water partition coefficient (Wildman–Crippen LogP) is 6.08. The average Bonchev–Trinajstić information content (AvgIpc) is 3.63. The summed E-state index contributed by atoms with van der Waals surface area (Å²) < 4.78 is 39.1. The van der Waals surface area contributed by atoms with Gasteiger partial charge in [-0.2, -0.15) is 0 Å². The largest absolute Gasteiger partial charge is 0.493 e. The van der Waals surface area contributed by atoms with Crippen molar-refractivity contribution in [2.75, 3.05) is 25.1 Å². The molecule has 0 spiro atoms. The first kappa shape index (κ1) is 23.5. The molecule has 2 aliphatic rings. The Morgan fingerprint density at radius 2 is 1.97 bits per heavy atom. The summed E-state index contributed by atoms with van der Waals surface area (Å²) in [6, 6.07) is 10.6. The molecule has 1 aliphatic heterocycles. The second kappa shape index (κ2) is 10.1. The quantitative estimate of drug-likeness (QED) is 0.451. The number of aryl methyl sites for hydroxylation is 1. The fourth-order valence-corrected chi connectivity index (χ4v) is 4.58. The highest BCUT2D eigenvalue weighted by Crippen LogP contribution is 2.42. The second-order valence-corrected chi connectivity index (χ2v) is 8.93. The van der Waals surface area contributed by atoms with Crippen molar-refractivity contribution in [1.82, 2.24) is 0 Å². The monoisotopic (exact) mass is 459 g/mol. The number of carboxylic acids is 1. The van der Waals surface area contributed by atoms with Crippen molar-refractivity contribution in [3.05, 3.63) is 47.5 Å². The fourth-order valence-electron chi connectivity index (χ4n) is 4.58. The molecule has 4 rings (SSSR count). The summed E-state index contributed by atoms with van der Waals surface area (Å²) in [5.41, 5.74) is 1.65. The number of rotatable bonds is 10. The van der Waals surface area contributed by atoms with E-state index in [1.54, 1.807) is 31.2 Å². The van der Waals surface area contributed by atoms with Gasteiger partial charge in [0, 0.05) is 31.7 Å². The minimum atomic E-state index is -2.67. The summed E-state index contributed by atoms with van der Waals surface area (Å²) in [5.74, 6) is -0.0224. The highest BCUT2D eigenvalue weighted by molar-refractivity contribution is 5.84. The van der Waals surface area contributed by atoms with Gasteiger partial charge in [-0.1, -0.05) is 31.0 Å². The Kier molecular flexibility index (Phi) is 7.17. The molecule has 0 radical (unpaired) electrons. The molecule has 7 heteroatoms. The van der Waals surface area contributed by atoms with E-state index < -0.39 is 17.9 Å². The van der Waals surface area contributed by atoms with Crippen LogP contribution in [0.1, 0.15) is 56.6 Å². The predicted molar refractivity (Wildman–Crippen MR) is 123 cm³/mol. The van der Waals surface area contributed by atoms with E-state index in [0.29, 0.717) is 49.8 Å². The number of halogens is 2. The van der Waals surface area contributed by atoms with E-state index in [0.717, 1.165) is 24.0 Å². The topological polar surface area (TPSA) is 67.8 Å². The first-order valence-corrected chi connectivity index (χ1v) is 11.7. The zero-order valence-corrected chi connectivity index (χ0v) is 18.9. The number of hydrogen-bond donors (Lipinski definition) is 2. The van der Waals surface area contributed by atoms with Crippen LogP contribution in [0.4, 0.5) is 14.5 Å². The molecule has 0 amide bonds. The van der Waals surface area contributed by atoms with Crippen LogP contribution in [0.15, 0.2) is 36.4 Å². The van der Waals surface area contributed by atoms with Crippen LogP contribution in [0.2, 0.25) is 0 Å². The maximum Gasteiger partial charge on any atom is 0.329 e. The van der Waals surface area contributed by atoms with Crippen LogP contribution in [-0.2, 0) is 16.0 Å². The van der Waals surface area contributed by atoms with Gasteiger partial charge < -0.3 is 19.9 Å². The van der Waals surface area contributed by atoms with Crippen molar-refractivity contribution in [3.8, 4) is 16.9 Å². The van der Waals surface area contributed by atoms with E-state index in [4.69, 9.17) is 9.47 Å². The number of carbonyl (C=O) groups is 1. The third-order valence-electron chi connectivity index (χ3n) is 6.64. The van der Waals surface area contributed by atoms with Gasteiger partial charge in [0.1, 0.15) is 11.3 Å². The van der Waals surface area contributed by atoms with Crippen LogP contribution in [-0.4, -0.2) is 36.4 Å². The number of nitrogens with one attached hydrogen (secondary N) is 1. The number of anilines is 1. The summed E-state index contributed by atoms with van der Waals surface area (Å²) in [5, 5.41) is 13.1. The fraction of sp³-hybridized carbons (Fsp3) is 0.500. The summed E-state index contributed by atoms with van der Waals surface area (Å²) >= 11 is 0. The molecule has 2 aromatic carbocycles. The molecule has 0 atom stereocenters. The standard InChI is InChI=1S/C26H31F2NO4/c1-2-33-22-5-3-4-21(23(22)24(27)28)20-11-10-19(16-18(20)9-8-17-6-7-17)29-26(25(30)31)12-14-32-15-13-26/h3-5,10-11,16-17,24,29H,2,6-9,12-15H2,1H3,(H,30,31). The lowest BCUT2D eigenvalue weighted by molar-refractivity contribution is -0.145. The Morgan fingerprint density at radius 1 is 1.21 bits per heavy atom. The van der Waals surface area contributed by atoms with Gasteiger partial charge >= 0.3 is 5.97 Å². The molecule has 2 N–H and O–H groups in total. The third-order valence-corrected chi connectivity index (χ3v) is 6.64. The minimum absolute atomic E-state index is 0.0980. The van der Waals surface area contributed by atoms with E-state index >= 15 is 0 Å². The van der Waals surface area contributed by atoms with Crippen LogP contribution in [0.5, 0.6) is 5.75 Å². The summed E-state index contributed by atoms with van der Waals surface area (Å²) in [4.78, 5) is 12.1. The van der Waals surface area contributed by atoms with Crippen molar-refractivity contribution >= 4 is 11.7 Å². The number of ether oxygens (including phenoxy) is 2. The lowest BCUT2D eigenvalue weighted by Crippen LogP contribution is -2.50. The third kappa shape index (κ3) is 5.29. The Hall–Kier alpha value is -2.67. The Morgan fingerprint density at radius 3 is 2.61 bits per heavy atom. The minimum Gasteiger partial charge on any atom is -0.493 e. The molecule has 0 aromatic heterocycles. The Bertz CT molecular complexity index is 984. The lowest BCUT2D eigenvalue weighted by Gasteiger charge is -2.35. The van der Waals surface area contributed by atoms with E-state index in [1.165, 1.54) is 12.8 Å². The van der Waals surface area contributed by atoms with Crippen molar-refractivity contribution in [2.45, 2.75) is 57.4 Å². The number of carboxylic acid groups (broad SMARTS) is 1. The molecule has 2 aromatic rings. The first-order valence-electron chi connectivity index (χ1n) is 11.7. The van der Waals surface area contributed by atoms with Crippen LogP contribution in [0.3, 0.4) is 0 Å². The van der Waals surface area contributed by atoms with E-state index in [1.807, 2.05) is 12.1 Å². The van der Waals surface area contributed by atoms with E-state index in [9.17, 15) is 18.7 Å². The van der Waals surface area contributed by atoms with Crippen LogP contribution in [0, 0.1) is 5.92 Å². The maximum absolute atomic E-state index is 14.1. The SMILES string of the molecule is CCOc1cccc(-c2ccc(NC3(C(=O)O)CCOCC3)cc2CCC2CC2)c1C(F)F. The van der Waals surface area contributed by atoms with Gasteiger partial charge in [-0.05, 0) is 60.6 Å². The molecule has 2 fully saturated rings. The van der Waals surface area contributed by atoms with Gasteiger partial charge in [0.2, 0.25) is 0 Å². The van der Waals surface area contributed by atoms with Gasteiger partial charge in [-0.15, -0.1) is 0 Å². The van der Waals surface area contributed by atoms with Crippen LogP contribution >= 0.6 is 0 Å². The molecule has 178 valence electrons. The Balaban J connectivity index is 1.73. The molecule has 33 heavy (non-hydrogen) atoms. The van der Waals surface area contributed by atoms with Gasteiger partial charge in [0.05, 0.1) is 12.2 Å². The zero-order valence-electron chi connectivity index (χ0n) is 18.9. The highest BCUT2D eigenvalue weighted by atomic mass is 19.3. The second-order valence-electron chi connectivity index (χ2n) is 8.93. The van der Waals surface area contributed by atoms with Crippen molar-refractivity contribution in [1.29, 1.82) is 0 Å². The average molecular weight is 460 g/mol. The number of aliphatic carboxylic acids is 1. The van der Waals surface area contributed by atoms with Crippen molar-refractivity contribution in [2.24, 2.45) is 5.92 Å². The molecule has 0 bridgehead atoms.